The van der Waals surface area contributed by atoms with E-state index in [4.69, 9.17) is 0 Å². The van der Waals surface area contributed by atoms with Gasteiger partial charge < -0.3 is 14.4 Å². The minimum Gasteiger partial charge on any atom is -0.341 e. The summed E-state index contributed by atoms with van der Waals surface area (Å²) in [5.74, 6) is -1.03. The molecule has 2 heterocycles. The molecule has 4 aromatic rings. The lowest BCUT2D eigenvalue weighted by molar-refractivity contribution is -0.132. The number of likely N-dealkylation sites (tertiary alicyclic amines) is 1. The van der Waals surface area contributed by atoms with Crippen LogP contribution in [0.3, 0.4) is 0 Å². The van der Waals surface area contributed by atoms with Gasteiger partial charge in [0.1, 0.15) is 6.54 Å². The molecule has 0 spiro atoms. The monoisotopic (exact) mass is 507 g/mol. The smallest absolute Gasteiger partial charge is 0.295 e. The minimum absolute atomic E-state index is 0.0457. The highest BCUT2D eigenvalue weighted by atomic mass is 16.2. The Kier molecular flexibility index (Phi) is 7.98. The van der Waals surface area contributed by atoms with Crippen molar-refractivity contribution in [3.63, 3.8) is 0 Å². The van der Waals surface area contributed by atoms with E-state index < -0.39 is 11.7 Å². The summed E-state index contributed by atoms with van der Waals surface area (Å²) in [6.07, 6.45) is 5.54. The molecule has 0 radical (unpaired) electrons. The average Bonchev–Trinajstić information content (AvgIpc) is 3.34. The van der Waals surface area contributed by atoms with E-state index in [1.54, 1.807) is 11.1 Å². The van der Waals surface area contributed by atoms with Crippen molar-refractivity contribution in [2.24, 2.45) is 0 Å². The first kappa shape index (κ1) is 25.5. The molecule has 0 unspecified atom stereocenters. The van der Waals surface area contributed by atoms with Crippen molar-refractivity contribution >= 4 is 28.5 Å². The molecular formula is C32H33N3O3. The number of benzene rings is 3. The van der Waals surface area contributed by atoms with Crippen molar-refractivity contribution in [3.8, 4) is 0 Å². The Balaban J connectivity index is 1.40. The molecule has 38 heavy (non-hydrogen) atoms. The zero-order valence-corrected chi connectivity index (χ0v) is 21.6. The Morgan fingerprint density at radius 2 is 1.37 bits per heavy atom. The van der Waals surface area contributed by atoms with Gasteiger partial charge in [0.2, 0.25) is 5.91 Å². The summed E-state index contributed by atoms with van der Waals surface area (Å²) in [7, 11) is 0. The fourth-order valence-electron chi connectivity index (χ4n) is 5.17. The fraction of sp³-hybridized carbons (Fsp3) is 0.281. The number of nitrogens with zero attached hydrogens (tertiary/aromatic N) is 3. The van der Waals surface area contributed by atoms with Gasteiger partial charge in [0.05, 0.1) is 5.56 Å². The lowest BCUT2D eigenvalue weighted by Gasteiger charge is -2.27. The van der Waals surface area contributed by atoms with Crippen LogP contribution in [0.1, 0.15) is 40.7 Å². The van der Waals surface area contributed by atoms with Crippen LogP contribution in [0.15, 0.2) is 91.1 Å². The first-order valence-electron chi connectivity index (χ1n) is 13.4. The molecule has 2 amide bonds. The summed E-state index contributed by atoms with van der Waals surface area (Å²) in [5.41, 5.74) is 3.21. The molecule has 6 nitrogen and oxygen atoms in total. The van der Waals surface area contributed by atoms with E-state index in [1.807, 2.05) is 94.4 Å². The number of carbonyl (C=O) groups excluding carboxylic acids is 3. The second-order valence-corrected chi connectivity index (χ2v) is 9.91. The second kappa shape index (κ2) is 11.9. The van der Waals surface area contributed by atoms with E-state index in [1.165, 1.54) is 0 Å². The minimum atomic E-state index is -0.547. The van der Waals surface area contributed by atoms with Gasteiger partial charge in [-0.25, -0.2) is 0 Å². The number of piperidine rings is 1. The van der Waals surface area contributed by atoms with E-state index in [9.17, 15) is 14.4 Å². The third kappa shape index (κ3) is 5.86. The Hall–Kier alpha value is -4.19. The van der Waals surface area contributed by atoms with Crippen molar-refractivity contribution < 1.29 is 14.4 Å². The Labute approximate surface area is 223 Å². The fourth-order valence-corrected chi connectivity index (χ4v) is 5.17. The molecule has 0 bridgehead atoms. The Bertz CT molecular complexity index is 1410. The normalized spacial score (nSPS) is 13.4. The largest absolute Gasteiger partial charge is 0.341 e. The second-order valence-electron chi connectivity index (χ2n) is 9.91. The lowest BCUT2D eigenvalue weighted by Crippen LogP contribution is -2.38. The summed E-state index contributed by atoms with van der Waals surface area (Å²) < 4.78 is 1.82. The van der Waals surface area contributed by atoms with Crippen LogP contribution >= 0.6 is 0 Å². The topological polar surface area (TPSA) is 62.6 Å². The molecule has 0 atom stereocenters. The van der Waals surface area contributed by atoms with Crippen LogP contribution in [-0.4, -0.2) is 51.6 Å². The number of carbonyl (C=O) groups is 3. The van der Waals surface area contributed by atoms with Gasteiger partial charge in [-0.3, -0.25) is 14.4 Å². The van der Waals surface area contributed by atoms with E-state index >= 15 is 0 Å². The summed E-state index contributed by atoms with van der Waals surface area (Å²) in [5, 5.41) is 0.694. The maximum atomic E-state index is 13.7. The predicted octanol–water partition coefficient (Wildman–Crippen LogP) is 5.11. The van der Waals surface area contributed by atoms with Gasteiger partial charge >= 0.3 is 0 Å². The standard InChI is InChI=1S/C32H33N3O3/c36-30(33-19-10-3-11-20-33)24-35-23-28(27-16-8-9-17-29(27)35)31(37)32(38)34(22-26-14-6-2-7-15-26)21-18-25-12-4-1-5-13-25/h1-2,4-9,12-17,23H,3,10-11,18-22,24H2. The van der Waals surface area contributed by atoms with Crippen LogP contribution in [0, 0.1) is 0 Å². The Morgan fingerprint density at radius 1 is 0.737 bits per heavy atom. The maximum absolute atomic E-state index is 13.7. The summed E-state index contributed by atoms with van der Waals surface area (Å²) in [6.45, 7) is 2.49. The van der Waals surface area contributed by atoms with Gasteiger partial charge in [-0.15, -0.1) is 0 Å². The average molecular weight is 508 g/mol. The zero-order chi connectivity index (χ0) is 26.3. The summed E-state index contributed by atoms with van der Waals surface area (Å²) >= 11 is 0. The summed E-state index contributed by atoms with van der Waals surface area (Å²) in [4.78, 5) is 43.9. The van der Waals surface area contributed by atoms with Crippen molar-refractivity contribution in [1.29, 1.82) is 0 Å². The van der Waals surface area contributed by atoms with Crippen LogP contribution in [0.2, 0.25) is 0 Å². The molecular weight excluding hydrogens is 474 g/mol. The molecule has 1 aliphatic rings. The van der Waals surface area contributed by atoms with E-state index in [0.717, 1.165) is 49.0 Å². The number of amides is 2. The third-order valence-corrected chi connectivity index (χ3v) is 7.26. The number of Topliss-reactive ketones (excluding diaryl/α,β-unsaturated/α-hetero) is 1. The first-order chi connectivity index (χ1) is 18.6. The molecule has 0 N–H and O–H groups in total. The van der Waals surface area contributed by atoms with Gasteiger partial charge in [-0.2, -0.15) is 0 Å². The molecule has 1 fully saturated rings. The maximum Gasteiger partial charge on any atom is 0.295 e. The highest BCUT2D eigenvalue weighted by molar-refractivity contribution is 6.44. The summed E-state index contributed by atoms with van der Waals surface area (Å²) in [6, 6.07) is 27.2. The van der Waals surface area contributed by atoms with Gasteiger partial charge in [-0.1, -0.05) is 78.9 Å². The van der Waals surface area contributed by atoms with E-state index in [-0.39, 0.29) is 12.5 Å². The molecule has 1 aliphatic heterocycles. The molecule has 0 aliphatic carbocycles. The molecule has 5 rings (SSSR count). The number of fused-ring (bicyclic) bond motifs is 1. The molecule has 6 heteroatoms. The number of hydrogen-bond acceptors (Lipinski definition) is 3. The molecule has 1 aromatic heterocycles. The first-order valence-corrected chi connectivity index (χ1v) is 13.4. The van der Waals surface area contributed by atoms with Crippen molar-refractivity contribution in [2.75, 3.05) is 19.6 Å². The Morgan fingerprint density at radius 3 is 2.08 bits per heavy atom. The predicted molar refractivity (Wildman–Crippen MR) is 149 cm³/mol. The van der Waals surface area contributed by atoms with Gasteiger partial charge in [-0.05, 0) is 42.9 Å². The molecule has 3 aromatic carbocycles. The number of aromatic nitrogens is 1. The molecule has 1 saturated heterocycles. The van der Waals surface area contributed by atoms with Gasteiger partial charge in [0, 0.05) is 43.3 Å². The van der Waals surface area contributed by atoms with E-state index in [0.29, 0.717) is 30.5 Å². The molecule has 194 valence electrons. The highest BCUT2D eigenvalue weighted by Gasteiger charge is 2.27. The van der Waals surface area contributed by atoms with Crippen molar-refractivity contribution in [3.05, 3.63) is 108 Å². The van der Waals surface area contributed by atoms with Crippen LogP contribution in [-0.2, 0) is 29.1 Å². The zero-order valence-electron chi connectivity index (χ0n) is 21.6. The van der Waals surface area contributed by atoms with Crippen molar-refractivity contribution in [1.82, 2.24) is 14.4 Å². The van der Waals surface area contributed by atoms with Crippen LogP contribution in [0.4, 0.5) is 0 Å². The van der Waals surface area contributed by atoms with Crippen molar-refractivity contribution in [2.45, 2.75) is 38.8 Å². The molecule has 0 saturated carbocycles. The number of rotatable bonds is 9. The van der Waals surface area contributed by atoms with Crippen LogP contribution in [0.5, 0.6) is 0 Å². The number of hydrogen-bond donors (Lipinski definition) is 0. The quantitative estimate of drug-likeness (QED) is 0.234. The third-order valence-electron chi connectivity index (χ3n) is 7.26. The SMILES string of the molecule is O=C(C(=O)N(CCc1ccccc1)Cc1ccccc1)c1cn(CC(=O)N2CCCCC2)c2ccccc12. The lowest BCUT2D eigenvalue weighted by atomic mass is 10.1. The number of ketones is 1. The van der Waals surface area contributed by atoms with Crippen LogP contribution in [0.25, 0.3) is 10.9 Å². The van der Waals surface area contributed by atoms with Gasteiger partial charge in [0.15, 0.2) is 0 Å². The highest BCUT2D eigenvalue weighted by Crippen LogP contribution is 2.24. The number of para-hydroxylation sites is 1. The van der Waals surface area contributed by atoms with Crippen LogP contribution < -0.4 is 0 Å². The van der Waals surface area contributed by atoms with E-state index in [2.05, 4.69) is 0 Å². The van der Waals surface area contributed by atoms with Gasteiger partial charge in [0.25, 0.3) is 11.7 Å².